The molecule has 5 nitrogen and oxygen atoms in total. The van der Waals surface area contributed by atoms with Crippen LogP contribution in [0.2, 0.25) is 0 Å². The van der Waals surface area contributed by atoms with E-state index in [0.717, 1.165) is 39.3 Å². The molecular formula is C17H25N3O2. The van der Waals surface area contributed by atoms with Crippen molar-refractivity contribution < 1.29 is 9.47 Å². The monoisotopic (exact) mass is 303 g/mol. The predicted molar refractivity (Wildman–Crippen MR) is 86.0 cm³/mol. The van der Waals surface area contributed by atoms with Gasteiger partial charge in [0.1, 0.15) is 18.4 Å². The van der Waals surface area contributed by atoms with Crippen molar-refractivity contribution in [3.8, 4) is 11.8 Å². The van der Waals surface area contributed by atoms with E-state index < -0.39 is 0 Å². The Morgan fingerprint density at radius 3 is 2.77 bits per heavy atom. The molecule has 1 aromatic rings. The Morgan fingerprint density at radius 1 is 1.23 bits per heavy atom. The number of nitrogens with zero attached hydrogens (tertiary/aromatic N) is 3. The number of methoxy groups -OCH3 is 1. The molecule has 0 spiro atoms. The van der Waals surface area contributed by atoms with E-state index in [4.69, 9.17) is 14.7 Å². The Hall–Kier alpha value is -1.61. The van der Waals surface area contributed by atoms with Crippen LogP contribution in [0.3, 0.4) is 0 Å². The number of rotatable bonds is 7. The largest absolute Gasteiger partial charge is 0.491 e. The van der Waals surface area contributed by atoms with Crippen LogP contribution in [0.1, 0.15) is 12.5 Å². The van der Waals surface area contributed by atoms with Crippen LogP contribution in [-0.4, -0.2) is 68.9 Å². The smallest absolute Gasteiger partial charge is 0.137 e. The molecule has 0 aromatic heterocycles. The second-order valence-electron chi connectivity index (χ2n) is 5.63. The molecule has 1 atom stereocenters. The average Bonchev–Trinajstić information content (AvgIpc) is 2.54. The van der Waals surface area contributed by atoms with Crippen LogP contribution in [-0.2, 0) is 4.74 Å². The lowest BCUT2D eigenvalue weighted by Gasteiger charge is -2.39. The van der Waals surface area contributed by atoms with E-state index >= 15 is 0 Å². The summed E-state index contributed by atoms with van der Waals surface area (Å²) in [5, 5.41) is 9.05. The number of benzene rings is 1. The molecular weight excluding hydrogens is 278 g/mol. The van der Waals surface area contributed by atoms with E-state index in [-0.39, 0.29) is 0 Å². The van der Waals surface area contributed by atoms with Gasteiger partial charge in [0.25, 0.3) is 0 Å². The molecule has 0 radical (unpaired) electrons. The van der Waals surface area contributed by atoms with Crippen molar-refractivity contribution in [3.63, 3.8) is 0 Å². The first-order valence-electron chi connectivity index (χ1n) is 7.82. The summed E-state index contributed by atoms with van der Waals surface area (Å²) in [7, 11) is 1.75. The van der Waals surface area contributed by atoms with Gasteiger partial charge in [0.2, 0.25) is 0 Å². The summed E-state index contributed by atoms with van der Waals surface area (Å²) in [6.07, 6.45) is 0. The minimum atomic E-state index is 0.537. The minimum Gasteiger partial charge on any atom is -0.491 e. The number of hydrogen-bond acceptors (Lipinski definition) is 5. The van der Waals surface area contributed by atoms with Crippen LogP contribution in [0.15, 0.2) is 24.3 Å². The van der Waals surface area contributed by atoms with Gasteiger partial charge < -0.3 is 9.47 Å². The Balaban J connectivity index is 1.73. The summed E-state index contributed by atoms with van der Waals surface area (Å²) in [6, 6.07) is 10.1. The summed E-state index contributed by atoms with van der Waals surface area (Å²) in [5.74, 6) is 0.678. The number of para-hydroxylation sites is 1. The zero-order valence-corrected chi connectivity index (χ0v) is 13.5. The Kier molecular flexibility index (Phi) is 6.66. The maximum absolute atomic E-state index is 9.05. The summed E-state index contributed by atoms with van der Waals surface area (Å²) < 4.78 is 10.9. The SMILES string of the molecule is COCCN1CCN(CCOc2ccccc2C#N)C[C@H]1C. The highest BCUT2D eigenvalue weighted by Crippen LogP contribution is 2.16. The van der Waals surface area contributed by atoms with Crippen molar-refractivity contribution in [1.29, 1.82) is 5.26 Å². The van der Waals surface area contributed by atoms with E-state index in [1.807, 2.05) is 18.2 Å². The van der Waals surface area contributed by atoms with Crippen molar-refractivity contribution in [3.05, 3.63) is 29.8 Å². The van der Waals surface area contributed by atoms with E-state index in [2.05, 4.69) is 22.8 Å². The summed E-state index contributed by atoms with van der Waals surface area (Å²) in [5.41, 5.74) is 0.597. The first-order valence-corrected chi connectivity index (χ1v) is 7.82. The third-order valence-corrected chi connectivity index (χ3v) is 4.10. The standard InChI is InChI=1S/C17H25N3O2/c1-15-14-19(7-8-20(15)10-11-21-2)9-12-22-17-6-4-3-5-16(17)13-18/h3-6,15H,7-12,14H2,1-2H3/t15-/m1/s1. The van der Waals surface area contributed by atoms with Gasteiger partial charge in [-0.25, -0.2) is 0 Å². The van der Waals surface area contributed by atoms with Crippen LogP contribution < -0.4 is 4.74 Å². The molecule has 0 amide bonds. The van der Waals surface area contributed by atoms with Gasteiger partial charge in [0.05, 0.1) is 12.2 Å². The van der Waals surface area contributed by atoms with E-state index in [9.17, 15) is 0 Å². The van der Waals surface area contributed by atoms with Crippen molar-refractivity contribution in [2.75, 3.05) is 53.0 Å². The third kappa shape index (κ3) is 4.70. The molecule has 1 aliphatic rings. The molecule has 120 valence electrons. The van der Waals surface area contributed by atoms with E-state index in [0.29, 0.717) is 24.0 Å². The molecule has 1 heterocycles. The van der Waals surface area contributed by atoms with Crippen molar-refractivity contribution >= 4 is 0 Å². The second-order valence-corrected chi connectivity index (χ2v) is 5.63. The van der Waals surface area contributed by atoms with Gasteiger partial charge in [-0.15, -0.1) is 0 Å². The van der Waals surface area contributed by atoms with Gasteiger partial charge in [-0.2, -0.15) is 5.26 Å². The lowest BCUT2D eigenvalue weighted by atomic mass is 10.2. The first kappa shape index (κ1) is 16.8. The van der Waals surface area contributed by atoms with Gasteiger partial charge >= 0.3 is 0 Å². The lowest BCUT2D eigenvalue weighted by Crippen LogP contribution is -2.53. The Bertz CT molecular complexity index is 501. The highest BCUT2D eigenvalue weighted by atomic mass is 16.5. The van der Waals surface area contributed by atoms with E-state index in [1.54, 1.807) is 13.2 Å². The van der Waals surface area contributed by atoms with Crippen LogP contribution in [0.4, 0.5) is 0 Å². The normalized spacial score (nSPS) is 19.8. The fraction of sp³-hybridized carbons (Fsp3) is 0.588. The second kappa shape index (κ2) is 8.74. The fourth-order valence-electron chi connectivity index (χ4n) is 2.78. The molecule has 1 aromatic carbocycles. The van der Waals surface area contributed by atoms with Gasteiger partial charge in [0, 0.05) is 45.9 Å². The highest BCUT2D eigenvalue weighted by molar-refractivity contribution is 5.42. The number of nitriles is 1. The van der Waals surface area contributed by atoms with Crippen LogP contribution in [0.25, 0.3) is 0 Å². The van der Waals surface area contributed by atoms with Gasteiger partial charge in [-0.05, 0) is 19.1 Å². The van der Waals surface area contributed by atoms with Crippen LogP contribution in [0, 0.1) is 11.3 Å². The number of piperazine rings is 1. The van der Waals surface area contributed by atoms with Crippen LogP contribution >= 0.6 is 0 Å². The van der Waals surface area contributed by atoms with Gasteiger partial charge in [-0.3, -0.25) is 9.80 Å². The summed E-state index contributed by atoms with van der Waals surface area (Å²) >= 11 is 0. The Labute approximate surface area is 133 Å². The zero-order chi connectivity index (χ0) is 15.8. The minimum absolute atomic E-state index is 0.537. The molecule has 22 heavy (non-hydrogen) atoms. The topological polar surface area (TPSA) is 48.7 Å². The zero-order valence-electron chi connectivity index (χ0n) is 13.5. The van der Waals surface area contributed by atoms with Gasteiger partial charge in [-0.1, -0.05) is 12.1 Å². The number of hydrogen-bond donors (Lipinski definition) is 0. The molecule has 0 unspecified atom stereocenters. The maximum atomic E-state index is 9.05. The summed E-state index contributed by atoms with van der Waals surface area (Å²) in [4.78, 5) is 4.88. The predicted octanol–water partition coefficient (Wildman–Crippen LogP) is 1.59. The highest BCUT2D eigenvalue weighted by Gasteiger charge is 2.22. The van der Waals surface area contributed by atoms with Crippen molar-refractivity contribution in [2.24, 2.45) is 0 Å². The van der Waals surface area contributed by atoms with Crippen molar-refractivity contribution in [1.82, 2.24) is 9.80 Å². The molecule has 0 N–H and O–H groups in total. The third-order valence-electron chi connectivity index (χ3n) is 4.10. The summed E-state index contributed by atoms with van der Waals surface area (Å²) in [6.45, 7) is 8.72. The molecule has 1 aliphatic heterocycles. The molecule has 5 heteroatoms. The molecule has 1 saturated heterocycles. The number of ether oxygens (including phenoxy) is 2. The molecule has 0 saturated carbocycles. The quantitative estimate of drug-likeness (QED) is 0.765. The van der Waals surface area contributed by atoms with Gasteiger partial charge in [0.15, 0.2) is 0 Å². The average molecular weight is 303 g/mol. The molecule has 0 aliphatic carbocycles. The van der Waals surface area contributed by atoms with Crippen molar-refractivity contribution in [2.45, 2.75) is 13.0 Å². The first-order chi connectivity index (χ1) is 10.7. The van der Waals surface area contributed by atoms with Crippen LogP contribution in [0.5, 0.6) is 5.75 Å². The lowest BCUT2D eigenvalue weighted by molar-refractivity contribution is 0.0531. The molecule has 1 fully saturated rings. The maximum Gasteiger partial charge on any atom is 0.137 e. The fourth-order valence-corrected chi connectivity index (χ4v) is 2.78. The van der Waals surface area contributed by atoms with E-state index in [1.165, 1.54) is 0 Å². The molecule has 2 rings (SSSR count). The molecule has 0 bridgehead atoms. The Morgan fingerprint density at radius 2 is 2.05 bits per heavy atom.